The summed E-state index contributed by atoms with van der Waals surface area (Å²) in [4.78, 5) is 17.0. The topological polar surface area (TPSA) is 46.4 Å². The summed E-state index contributed by atoms with van der Waals surface area (Å²) in [5, 5.41) is 3.04. The maximum absolute atomic E-state index is 12.5. The molecule has 1 amide bonds. The molecule has 1 aliphatic rings. The molecule has 0 fully saturated rings. The average Bonchev–Trinajstić information content (AvgIpc) is 2.83. The van der Waals surface area contributed by atoms with E-state index in [2.05, 4.69) is 16.4 Å². The summed E-state index contributed by atoms with van der Waals surface area (Å²) in [5.41, 5.74) is 4.89. The second kappa shape index (κ2) is 6.34. The van der Waals surface area contributed by atoms with Crippen molar-refractivity contribution in [3.63, 3.8) is 0 Å². The van der Waals surface area contributed by atoms with Crippen molar-refractivity contribution in [3.05, 3.63) is 46.9 Å². The molecule has 0 radical (unpaired) electrons. The van der Waals surface area contributed by atoms with E-state index in [1.54, 1.807) is 0 Å². The molecule has 0 saturated heterocycles. The number of hydrogen-bond donors (Lipinski definition) is 1. The molecule has 2 aromatic heterocycles. The molecule has 4 nitrogen and oxygen atoms in total. The Labute approximate surface area is 131 Å². The third-order valence-corrected chi connectivity index (χ3v) is 4.29. The van der Waals surface area contributed by atoms with Crippen molar-refractivity contribution in [2.24, 2.45) is 0 Å². The summed E-state index contributed by atoms with van der Waals surface area (Å²) in [7, 11) is 0. The van der Waals surface area contributed by atoms with Gasteiger partial charge < -0.3 is 5.32 Å². The van der Waals surface area contributed by atoms with Gasteiger partial charge in [0.25, 0.3) is 5.91 Å². The first kappa shape index (κ1) is 14.8. The van der Waals surface area contributed by atoms with Crippen LogP contribution in [0, 0.1) is 13.8 Å². The number of carbonyl (C=O) groups is 1. The molecule has 1 N–H and O–H groups in total. The maximum atomic E-state index is 12.5. The average molecular weight is 297 g/mol. The number of imidazole rings is 1. The predicted octanol–water partition coefficient (Wildman–Crippen LogP) is 3.57. The highest BCUT2D eigenvalue weighted by Crippen LogP contribution is 2.19. The number of amides is 1. The summed E-state index contributed by atoms with van der Waals surface area (Å²) >= 11 is 0. The van der Waals surface area contributed by atoms with E-state index in [-0.39, 0.29) is 5.91 Å². The molecule has 2 heterocycles. The van der Waals surface area contributed by atoms with Gasteiger partial charge in [0, 0.05) is 12.7 Å². The molecule has 0 saturated carbocycles. The quantitative estimate of drug-likeness (QED) is 0.877. The van der Waals surface area contributed by atoms with Gasteiger partial charge in [-0.05, 0) is 63.6 Å². The molecule has 0 atom stereocenters. The lowest BCUT2D eigenvalue weighted by Crippen LogP contribution is -2.26. The lowest BCUT2D eigenvalue weighted by atomic mass is 9.97. The zero-order chi connectivity index (χ0) is 15.5. The molecule has 0 bridgehead atoms. The van der Waals surface area contributed by atoms with E-state index in [0.29, 0.717) is 12.2 Å². The molecule has 2 aromatic rings. The Balaban J connectivity index is 1.69. The summed E-state index contributed by atoms with van der Waals surface area (Å²) in [6, 6.07) is 3.99. The minimum atomic E-state index is -0.0368. The third kappa shape index (κ3) is 3.06. The Hall–Kier alpha value is -2.10. The fraction of sp³-hybridized carbons (Fsp3) is 0.444. The number of nitrogens with one attached hydrogen (secondary N) is 1. The van der Waals surface area contributed by atoms with Crippen molar-refractivity contribution in [1.29, 1.82) is 0 Å². The van der Waals surface area contributed by atoms with E-state index in [4.69, 9.17) is 0 Å². The summed E-state index contributed by atoms with van der Waals surface area (Å²) in [6.45, 7) is 4.62. The largest absolute Gasteiger partial charge is 0.350 e. The van der Waals surface area contributed by atoms with Gasteiger partial charge in [-0.25, -0.2) is 4.98 Å². The number of allylic oxidation sites excluding steroid dienone is 1. The first-order chi connectivity index (χ1) is 10.6. The summed E-state index contributed by atoms with van der Waals surface area (Å²) in [6.07, 6.45) is 10.2. The summed E-state index contributed by atoms with van der Waals surface area (Å²) in [5.74, 6) is -0.0368. The fourth-order valence-corrected chi connectivity index (χ4v) is 3.09. The minimum absolute atomic E-state index is 0.0368. The lowest BCUT2D eigenvalue weighted by molar-refractivity contribution is 0.0947. The first-order valence-electron chi connectivity index (χ1n) is 8.06. The fourth-order valence-electron chi connectivity index (χ4n) is 3.09. The zero-order valence-electron chi connectivity index (χ0n) is 13.4. The Bertz CT molecular complexity index is 727. The SMILES string of the molecule is Cc1ccn2c(C(=O)NCCC3=CCCCC3)c(C)nc2c1. The molecule has 0 aromatic carbocycles. The number of nitrogens with zero attached hydrogens (tertiary/aromatic N) is 2. The van der Waals surface area contributed by atoms with Crippen molar-refractivity contribution in [2.75, 3.05) is 6.54 Å². The molecule has 116 valence electrons. The van der Waals surface area contributed by atoms with E-state index in [1.165, 1.54) is 31.3 Å². The normalized spacial score (nSPS) is 14.9. The number of pyridine rings is 1. The van der Waals surface area contributed by atoms with Gasteiger partial charge in [-0.2, -0.15) is 0 Å². The van der Waals surface area contributed by atoms with Crippen LogP contribution in [0.2, 0.25) is 0 Å². The Morgan fingerprint density at radius 3 is 3.00 bits per heavy atom. The molecule has 4 heteroatoms. The maximum Gasteiger partial charge on any atom is 0.270 e. The molecule has 3 rings (SSSR count). The van der Waals surface area contributed by atoms with Crippen LogP contribution in [0.15, 0.2) is 30.0 Å². The summed E-state index contributed by atoms with van der Waals surface area (Å²) < 4.78 is 1.87. The molecular formula is C18H23N3O. The van der Waals surface area contributed by atoms with E-state index in [9.17, 15) is 4.79 Å². The van der Waals surface area contributed by atoms with Gasteiger partial charge in [0.2, 0.25) is 0 Å². The van der Waals surface area contributed by atoms with E-state index in [0.717, 1.165) is 23.3 Å². The molecule has 1 aliphatic carbocycles. The number of aryl methyl sites for hydroxylation is 2. The van der Waals surface area contributed by atoms with Crippen LogP contribution in [-0.4, -0.2) is 21.8 Å². The smallest absolute Gasteiger partial charge is 0.270 e. The zero-order valence-corrected chi connectivity index (χ0v) is 13.4. The first-order valence-corrected chi connectivity index (χ1v) is 8.06. The van der Waals surface area contributed by atoms with Crippen LogP contribution < -0.4 is 5.32 Å². The van der Waals surface area contributed by atoms with Gasteiger partial charge in [-0.3, -0.25) is 9.20 Å². The van der Waals surface area contributed by atoms with Crippen LogP contribution in [0.3, 0.4) is 0 Å². The van der Waals surface area contributed by atoms with Crippen molar-refractivity contribution in [1.82, 2.24) is 14.7 Å². The molecular weight excluding hydrogens is 274 g/mol. The van der Waals surface area contributed by atoms with Crippen LogP contribution >= 0.6 is 0 Å². The van der Waals surface area contributed by atoms with Gasteiger partial charge in [-0.1, -0.05) is 11.6 Å². The Kier molecular flexibility index (Phi) is 4.27. The Morgan fingerprint density at radius 2 is 2.23 bits per heavy atom. The van der Waals surface area contributed by atoms with Crippen LogP contribution in [0.5, 0.6) is 0 Å². The number of fused-ring (bicyclic) bond motifs is 1. The third-order valence-electron chi connectivity index (χ3n) is 4.29. The second-order valence-electron chi connectivity index (χ2n) is 6.09. The number of carbonyl (C=O) groups excluding carboxylic acids is 1. The van der Waals surface area contributed by atoms with Gasteiger partial charge in [0.1, 0.15) is 11.3 Å². The molecule has 0 aliphatic heterocycles. The van der Waals surface area contributed by atoms with Crippen LogP contribution in [-0.2, 0) is 0 Å². The van der Waals surface area contributed by atoms with Crippen molar-refractivity contribution in [3.8, 4) is 0 Å². The highest BCUT2D eigenvalue weighted by Gasteiger charge is 2.16. The van der Waals surface area contributed by atoms with E-state index in [1.807, 2.05) is 36.6 Å². The number of hydrogen-bond acceptors (Lipinski definition) is 2. The molecule has 22 heavy (non-hydrogen) atoms. The lowest BCUT2D eigenvalue weighted by Gasteiger charge is -2.13. The molecule has 0 spiro atoms. The van der Waals surface area contributed by atoms with Crippen molar-refractivity contribution < 1.29 is 4.79 Å². The van der Waals surface area contributed by atoms with Gasteiger partial charge in [0.05, 0.1) is 5.69 Å². The second-order valence-corrected chi connectivity index (χ2v) is 6.09. The minimum Gasteiger partial charge on any atom is -0.350 e. The predicted molar refractivity (Wildman–Crippen MR) is 88.2 cm³/mol. The van der Waals surface area contributed by atoms with E-state index >= 15 is 0 Å². The van der Waals surface area contributed by atoms with Crippen molar-refractivity contribution >= 4 is 11.6 Å². The van der Waals surface area contributed by atoms with Crippen LogP contribution in [0.4, 0.5) is 0 Å². The highest BCUT2D eigenvalue weighted by atomic mass is 16.1. The number of aromatic nitrogens is 2. The van der Waals surface area contributed by atoms with Crippen molar-refractivity contribution in [2.45, 2.75) is 46.0 Å². The van der Waals surface area contributed by atoms with E-state index < -0.39 is 0 Å². The van der Waals surface area contributed by atoms with Gasteiger partial charge in [-0.15, -0.1) is 0 Å². The van der Waals surface area contributed by atoms with Crippen LogP contribution in [0.1, 0.15) is 53.8 Å². The molecule has 0 unspecified atom stereocenters. The highest BCUT2D eigenvalue weighted by molar-refractivity contribution is 5.94. The van der Waals surface area contributed by atoms with Gasteiger partial charge in [0.15, 0.2) is 0 Å². The van der Waals surface area contributed by atoms with Gasteiger partial charge >= 0.3 is 0 Å². The number of rotatable bonds is 4. The standard InChI is InChI=1S/C18H23N3O/c1-13-9-11-21-16(12-13)20-14(2)17(21)18(22)19-10-8-15-6-4-3-5-7-15/h6,9,11-12H,3-5,7-8,10H2,1-2H3,(H,19,22). The monoisotopic (exact) mass is 297 g/mol. The Morgan fingerprint density at radius 1 is 1.36 bits per heavy atom. The van der Waals surface area contributed by atoms with Crippen LogP contribution in [0.25, 0.3) is 5.65 Å².